The van der Waals surface area contributed by atoms with Crippen LogP contribution < -0.4 is 5.32 Å². The van der Waals surface area contributed by atoms with Crippen LogP contribution in [0.1, 0.15) is 11.5 Å². The van der Waals surface area contributed by atoms with Crippen LogP contribution in [-0.2, 0) is 6.54 Å². The standard InChI is InChI=1S/C10H12N4O/c1-7-8(4-3-5-12-7)10-13-9(6-11-2)14-15-10/h3-5,11H,6H2,1-2H3. The van der Waals surface area contributed by atoms with Gasteiger partial charge in [-0.1, -0.05) is 5.16 Å². The third-order valence-corrected chi connectivity index (χ3v) is 2.04. The highest BCUT2D eigenvalue weighted by molar-refractivity contribution is 5.55. The second kappa shape index (κ2) is 4.18. The van der Waals surface area contributed by atoms with Crippen molar-refractivity contribution in [3.8, 4) is 11.5 Å². The van der Waals surface area contributed by atoms with E-state index < -0.39 is 0 Å². The minimum atomic E-state index is 0.519. The first-order valence-corrected chi connectivity index (χ1v) is 4.70. The zero-order valence-corrected chi connectivity index (χ0v) is 8.69. The Kier molecular flexibility index (Phi) is 2.73. The van der Waals surface area contributed by atoms with Crippen molar-refractivity contribution >= 4 is 0 Å². The minimum Gasteiger partial charge on any atom is -0.334 e. The fourth-order valence-corrected chi connectivity index (χ4v) is 1.30. The van der Waals surface area contributed by atoms with Crippen molar-refractivity contribution in [2.75, 3.05) is 7.05 Å². The summed E-state index contributed by atoms with van der Waals surface area (Å²) in [4.78, 5) is 8.42. The van der Waals surface area contributed by atoms with Crippen LogP contribution in [0.2, 0.25) is 0 Å². The van der Waals surface area contributed by atoms with Crippen LogP contribution in [-0.4, -0.2) is 22.2 Å². The molecule has 5 heteroatoms. The maximum atomic E-state index is 5.14. The molecular weight excluding hydrogens is 192 g/mol. The fourth-order valence-electron chi connectivity index (χ4n) is 1.30. The molecule has 15 heavy (non-hydrogen) atoms. The lowest BCUT2D eigenvalue weighted by molar-refractivity contribution is 0.420. The van der Waals surface area contributed by atoms with Crippen molar-refractivity contribution in [1.82, 2.24) is 20.4 Å². The Bertz CT molecular complexity index is 452. The number of aryl methyl sites for hydroxylation is 1. The largest absolute Gasteiger partial charge is 0.334 e. The molecule has 0 aliphatic carbocycles. The van der Waals surface area contributed by atoms with Gasteiger partial charge in [0.05, 0.1) is 12.1 Å². The quantitative estimate of drug-likeness (QED) is 0.812. The normalized spacial score (nSPS) is 10.5. The number of hydrogen-bond donors (Lipinski definition) is 1. The molecule has 0 aliphatic heterocycles. The summed E-state index contributed by atoms with van der Waals surface area (Å²) in [6, 6.07) is 3.77. The molecule has 1 N–H and O–H groups in total. The van der Waals surface area contributed by atoms with Crippen molar-refractivity contribution in [2.45, 2.75) is 13.5 Å². The van der Waals surface area contributed by atoms with Crippen LogP contribution in [0, 0.1) is 6.92 Å². The molecule has 0 bridgehead atoms. The lowest BCUT2D eigenvalue weighted by Crippen LogP contribution is -2.06. The van der Waals surface area contributed by atoms with E-state index in [1.807, 2.05) is 26.1 Å². The highest BCUT2D eigenvalue weighted by Crippen LogP contribution is 2.18. The summed E-state index contributed by atoms with van der Waals surface area (Å²) >= 11 is 0. The van der Waals surface area contributed by atoms with Gasteiger partial charge in [-0.3, -0.25) is 4.98 Å². The number of rotatable bonds is 3. The zero-order chi connectivity index (χ0) is 10.7. The van der Waals surface area contributed by atoms with E-state index in [0.29, 0.717) is 18.3 Å². The monoisotopic (exact) mass is 204 g/mol. The molecule has 0 spiro atoms. The van der Waals surface area contributed by atoms with Gasteiger partial charge in [-0.15, -0.1) is 0 Å². The fraction of sp³-hybridized carbons (Fsp3) is 0.300. The van der Waals surface area contributed by atoms with Crippen LogP contribution in [0.15, 0.2) is 22.9 Å². The van der Waals surface area contributed by atoms with E-state index in [2.05, 4.69) is 20.4 Å². The van der Waals surface area contributed by atoms with E-state index in [9.17, 15) is 0 Å². The third-order valence-electron chi connectivity index (χ3n) is 2.04. The molecule has 0 fully saturated rings. The summed E-state index contributed by atoms with van der Waals surface area (Å²) in [5, 5.41) is 6.81. The van der Waals surface area contributed by atoms with E-state index in [4.69, 9.17) is 4.52 Å². The van der Waals surface area contributed by atoms with Crippen molar-refractivity contribution < 1.29 is 4.52 Å². The number of nitrogens with one attached hydrogen (secondary N) is 1. The molecule has 0 amide bonds. The van der Waals surface area contributed by atoms with E-state index in [-0.39, 0.29) is 0 Å². The summed E-state index contributed by atoms with van der Waals surface area (Å²) in [6.07, 6.45) is 1.74. The SMILES string of the molecule is CNCc1noc(-c2cccnc2C)n1. The molecule has 0 saturated carbocycles. The average Bonchev–Trinajstić information content (AvgIpc) is 2.68. The molecule has 0 unspecified atom stereocenters. The van der Waals surface area contributed by atoms with Gasteiger partial charge in [-0.25, -0.2) is 0 Å². The predicted molar refractivity (Wildman–Crippen MR) is 55.0 cm³/mol. The van der Waals surface area contributed by atoms with Gasteiger partial charge in [0.2, 0.25) is 0 Å². The summed E-state index contributed by atoms with van der Waals surface area (Å²) in [6.45, 7) is 2.51. The molecule has 2 heterocycles. The van der Waals surface area contributed by atoms with Gasteiger partial charge in [0.25, 0.3) is 5.89 Å². The van der Waals surface area contributed by atoms with E-state index >= 15 is 0 Å². The molecule has 0 radical (unpaired) electrons. The molecule has 5 nitrogen and oxygen atoms in total. The Balaban J connectivity index is 2.33. The maximum absolute atomic E-state index is 5.14. The molecule has 0 saturated heterocycles. The molecule has 2 aromatic heterocycles. The van der Waals surface area contributed by atoms with Gasteiger partial charge in [0.15, 0.2) is 5.82 Å². The summed E-state index contributed by atoms with van der Waals surface area (Å²) < 4.78 is 5.14. The predicted octanol–water partition coefficient (Wildman–Crippen LogP) is 1.16. The second-order valence-electron chi connectivity index (χ2n) is 3.18. The number of pyridine rings is 1. The van der Waals surface area contributed by atoms with E-state index in [1.165, 1.54) is 0 Å². The summed E-state index contributed by atoms with van der Waals surface area (Å²) in [5.74, 6) is 1.17. The first kappa shape index (κ1) is 9.79. The Morgan fingerprint density at radius 2 is 2.33 bits per heavy atom. The second-order valence-corrected chi connectivity index (χ2v) is 3.18. The van der Waals surface area contributed by atoms with Crippen molar-refractivity contribution in [3.05, 3.63) is 29.8 Å². The van der Waals surface area contributed by atoms with Crippen LogP contribution >= 0.6 is 0 Å². The Morgan fingerprint density at radius 1 is 1.47 bits per heavy atom. The van der Waals surface area contributed by atoms with Crippen LogP contribution in [0.25, 0.3) is 11.5 Å². The van der Waals surface area contributed by atoms with Gasteiger partial charge in [0.1, 0.15) is 0 Å². The lowest BCUT2D eigenvalue weighted by atomic mass is 10.2. The highest BCUT2D eigenvalue weighted by atomic mass is 16.5. The van der Waals surface area contributed by atoms with Crippen molar-refractivity contribution in [2.24, 2.45) is 0 Å². The molecule has 0 aliphatic rings. The smallest absolute Gasteiger partial charge is 0.259 e. The topological polar surface area (TPSA) is 63.8 Å². The van der Waals surface area contributed by atoms with E-state index in [1.54, 1.807) is 6.20 Å². The molecule has 78 valence electrons. The van der Waals surface area contributed by atoms with Gasteiger partial charge < -0.3 is 9.84 Å². The maximum Gasteiger partial charge on any atom is 0.259 e. The Hall–Kier alpha value is -1.75. The number of nitrogens with zero attached hydrogens (tertiary/aromatic N) is 3. The van der Waals surface area contributed by atoms with E-state index in [0.717, 1.165) is 11.3 Å². The van der Waals surface area contributed by atoms with Crippen molar-refractivity contribution in [1.29, 1.82) is 0 Å². The molecule has 2 rings (SSSR count). The van der Waals surface area contributed by atoms with Gasteiger partial charge in [-0.2, -0.15) is 4.98 Å². The zero-order valence-electron chi connectivity index (χ0n) is 8.69. The van der Waals surface area contributed by atoms with Crippen LogP contribution in [0.3, 0.4) is 0 Å². The van der Waals surface area contributed by atoms with Crippen molar-refractivity contribution in [3.63, 3.8) is 0 Å². The molecular formula is C10H12N4O. The lowest BCUT2D eigenvalue weighted by Gasteiger charge is -1.96. The van der Waals surface area contributed by atoms with Gasteiger partial charge in [0, 0.05) is 11.9 Å². The Morgan fingerprint density at radius 3 is 3.07 bits per heavy atom. The Labute approximate surface area is 87.5 Å². The number of hydrogen-bond acceptors (Lipinski definition) is 5. The molecule has 0 atom stereocenters. The van der Waals surface area contributed by atoms with Crippen LogP contribution in [0.5, 0.6) is 0 Å². The summed E-state index contributed by atoms with van der Waals surface area (Å²) in [5.41, 5.74) is 1.77. The third kappa shape index (κ3) is 2.02. The molecule has 0 aromatic carbocycles. The molecule has 2 aromatic rings. The van der Waals surface area contributed by atoms with Gasteiger partial charge in [-0.05, 0) is 26.1 Å². The summed E-state index contributed by atoms with van der Waals surface area (Å²) in [7, 11) is 1.84. The highest BCUT2D eigenvalue weighted by Gasteiger charge is 2.10. The first-order chi connectivity index (χ1) is 7.31. The minimum absolute atomic E-state index is 0.519. The van der Waals surface area contributed by atoms with Crippen LogP contribution in [0.4, 0.5) is 0 Å². The average molecular weight is 204 g/mol. The van der Waals surface area contributed by atoms with Gasteiger partial charge >= 0.3 is 0 Å². The number of aromatic nitrogens is 3. The first-order valence-electron chi connectivity index (χ1n) is 4.70.